The van der Waals surface area contributed by atoms with Crippen LogP contribution >= 0.6 is 0 Å². The Morgan fingerprint density at radius 2 is 2.31 bits per heavy atom. The summed E-state index contributed by atoms with van der Waals surface area (Å²) in [4.78, 5) is 10.9. The van der Waals surface area contributed by atoms with Gasteiger partial charge in [0.05, 0.1) is 6.61 Å². The number of nitrogens with one attached hydrogen (secondary N) is 1. The summed E-state index contributed by atoms with van der Waals surface area (Å²) in [5.74, 6) is 0.803. The van der Waals surface area contributed by atoms with Gasteiger partial charge in [0.25, 0.3) is 0 Å². The molecule has 0 radical (unpaired) electrons. The van der Waals surface area contributed by atoms with Crippen molar-refractivity contribution in [1.82, 2.24) is 5.32 Å². The Bertz CT molecular complexity index is 158. The highest BCUT2D eigenvalue weighted by Crippen LogP contribution is 2.28. The lowest BCUT2D eigenvalue weighted by Gasteiger charge is -2.04. The van der Waals surface area contributed by atoms with Crippen LogP contribution in [0.1, 0.15) is 19.3 Å². The summed E-state index contributed by atoms with van der Waals surface area (Å²) in [7, 11) is 0. The van der Waals surface area contributed by atoms with Crippen LogP contribution in [-0.4, -0.2) is 32.2 Å². The van der Waals surface area contributed by atoms with E-state index in [0.29, 0.717) is 26.1 Å². The van der Waals surface area contributed by atoms with Crippen LogP contribution in [0.5, 0.6) is 0 Å². The molecule has 0 aromatic rings. The molecule has 13 heavy (non-hydrogen) atoms. The summed E-state index contributed by atoms with van der Waals surface area (Å²) in [6.45, 7) is 2.49. The Morgan fingerprint density at radius 3 is 2.92 bits per heavy atom. The molecular formula is C9H18N2O2. The Balaban J connectivity index is 1.79. The van der Waals surface area contributed by atoms with Gasteiger partial charge in [-0.15, -0.1) is 0 Å². The summed E-state index contributed by atoms with van der Waals surface area (Å²) in [6.07, 6.45) is 3.02. The summed E-state index contributed by atoms with van der Waals surface area (Å²) in [5, 5.41) is 2.73. The van der Waals surface area contributed by atoms with Gasteiger partial charge in [-0.1, -0.05) is 0 Å². The molecule has 76 valence electrons. The molecule has 1 rings (SSSR count). The zero-order valence-electron chi connectivity index (χ0n) is 7.92. The molecule has 1 fully saturated rings. The van der Waals surface area contributed by atoms with Crippen LogP contribution in [0.4, 0.5) is 0 Å². The largest absolute Gasteiger partial charge is 0.379 e. The van der Waals surface area contributed by atoms with E-state index in [1.54, 1.807) is 0 Å². The first-order valence-corrected chi connectivity index (χ1v) is 4.87. The standard InChI is InChI=1S/C9H18N2O2/c10-4-3-9(12)11-5-6-13-7-8-1-2-8/h8H,1-7,10H2,(H,11,12). The number of carbonyl (C=O) groups excluding carboxylic acids is 1. The molecule has 0 atom stereocenters. The molecule has 0 heterocycles. The lowest BCUT2D eigenvalue weighted by molar-refractivity contribution is -0.121. The van der Waals surface area contributed by atoms with Gasteiger partial charge >= 0.3 is 0 Å². The Hall–Kier alpha value is -0.610. The smallest absolute Gasteiger partial charge is 0.221 e. The molecule has 1 amide bonds. The first-order chi connectivity index (χ1) is 6.33. The minimum atomic E-state index is 0.0116. The molecule has 4 heteroatoms. The van der Waals surface area contributed by atoms with Gasteiger partial charge in [-0.25, -0.2) is 0 Å². The molecule has 0 aliphatic heterocycles. The third-order valence-corrected chi connectivity index (χ3v) is 1.99. The second-order valence-corrected chi connectivity index (χ2v) is 3.41. The normalized spacial score (nSPS) is 15.8. The molecule has 1 saturated carbocycles. The summed E-state index contributed by atoms with van der Waals surface area (Å²) in [6, 6.07) is 0. The minimum absolute atomic E-state index is 0.0116. The maximum atomic E-state index is 10.9. The Labute approximate surface area is 78.8 Å². The minimum Gasteiger partial charge on any atom is -0.379 e. The predicted molar refractivity (Wildman–Crippen MR) is 50.2 cm³/mol. The average molecular weight is 186 g/mol. The summed E-state index contributed by atoms with van der Waals surface area (Å²) >= 11 is 0. The molecule has 3 N–H and O–H groups in total. The summed E-state index contributed by atoms with van der Waals surface area (Å²) < 4.78 is 5.34. The van der Waals surface area contributed by atoms with Crippen LogP contribution < -0.4 is 11.1 Å². The molecule has 0 bridgehead atoms. The SMILES string of the molecule is NCCC(=O)NCCOCC1CC1. The Morgan fingerprint density at radius 1 is 1.54 bits per heavy atom. The lowest BCUT2D eigenvalue weighted by atomic mass is 10.4. The molecule has 1 aliphatic rings. The van der Waals surface area contributed by atoms with Crippen molar-refractivity contribution in [2.24, 2.45) is 11.7 Å². The highest BCUT2D eigenvalue weighted by Gasteiger charge is 2.20. The highest BCUT2D eigenvalue weighted by molar-refractivity contribution is 5.75. The van der Waals surface area contributed by atoms with Crippen LogP contribution in [0, 0.1) is 5.92 Å². The Kier molecular flexibility index (Phi) is 4.78. The van der Waals surface area contributed by atoms with Crippen LogP contribution in [-0.2, 0) is 9.53 Å². The molecule has 1 aliphatic carbocycles. The van der Waals surface area contributed by atoms with Gasteiger partial charge in [-0.05, 0) is 18.8 Å². The predicted octanol–water partition coefficient (Wildman–Crippen LogP) is -0.122. The van der Waals surface area contributed by atoms with Crippen LogP contribution in [0.3, 0.4) is 0 Å². The van der Waals surface area contributed by atoms with Crippen molar-refractivity contribution in [2.75, 3.05) is 26.3 Å². The van der Waals surface area contributed by atoms with Gasteiger partial charge in [0.2, 0.25) is 5.91 Å². The fourth-order valence-electron chi connectivity index (χ4n) is 1.02. The summed E-state index contributed by atoms with van der Waals surface area (Å²) in [5.41, 5.74) is 5.22. The molecule has 0 unspecified atom stereocenters. The van der Waals surface area contributed by atoms with Crippen molar-refractivity contribution >= 4 is 5.91 Å². The molecule has 4 nitrogen and oxygen atoms in total. The first kappa shape index (κ1) is 10.5. The fraction of sp³-hybridized carbons (Fsp3) is 0.889. The molecule has 0 aromatic heterocycles. The van der Waals surface area contributed by atoms with E-state index in [1.165, 1.54) is 12.8 Å². The number of hydrogen-bond acceptors (Lipinski definition) is 3. The highest BCUT2D eigenvalue weighted by atomic mass is 16.5. The second kappa shape index (κ2) is 5.94. The van der Waals surface area contributed by atoms with E-state index < -0.39 is 0 Å². The number of ether oxygens (including phenoxy) is 1. The zero-order chi connectivity index (χ0) is 9.52. The maximum absolute atomic E-state index is 10.9. The van der Waals surface area contributed by atoms with Crippen molar-refractivity contribution in [3.8, 4) is 0 Å². The van der Waals surface area contributed by atoms with Gasteiger partial charge in [-0.2, -0.15) is 0 Å². The van der Waals surface area contributed by atoms with E-state index in [4.69, 9.17) is 10.5 Å². The van der Waals surface area contributed by atoms with Crippen molar-refractivity contribution in [1.29, 1.82) is 0 Å². The second-order valence-electron chi connectivity index (χ2n) is 3.41. The fourth-order valence-corrected chi connectivity index (χ4v) is 1.02. The number of rotatable bonds is 7. The van der Waals surface area contributed by atoms with E-state index >= 15 is 0 Å². The van der Waals surface area contributed by atoms with Gasteiger partial charge in [0.1, 0.15) is 0 Å². The quantitative estimate of drug-likeness (QED) is 0.545. The number of hydrogen-bond donors (Lipinski definition) is 2. The average Bonchev–Trinajstić information content (AvgIpc) is 2.88. The van der Waals surface area contributed by atoms with Crippen molar-refractivity contribution in [2.45, 2.75) is 19.3 Å². The number of nitrogens with two attached hydrogens (primary N) is 1. The topological polar surface area (TPSA) is 64.4 Å². The van der Waals surface area contributed by atoms with Crippen molar-refractivity contribution < 1.29 is 9.53 Å². The molecular weight excluding hydrogens is 168 g/mol. The maximum Gasteiger partial charge on any atom is 0.221 e. The van der Waals surface area contributed by atoms with Gasteiger partial charge in [0.15, 0.2) is 0 Å². The van der Waals surface area contributed by atoms with Crippen molar-refractivity contribution in [3.05, 3.63) is 0 Å². The molecule has 0 saturated heterocycles. The van der Waals surface area contributed by atoms with Crippen LogP contribution in [0.2, 0.25) is 0 Å². The van der Waals surface area contributed by atoms with E-state index in [2.05, 4.69) is 5.32 Å². The zero-order valence-corrected chi connectivity index (χ0v) is 7.92. The lowest BCUT2D eigenvalue weighted by Crippen LogP contribution is -2.28. The van der Waals surface area contributed by atoms with E-state index in [9.17, 15) is 4.79 Å². The van der Waals surface area contributed by atoms with E-state index in [-0.39, 0.29) is 5.91 Å². The van der Waals surface area contributed by atoms with Crippen LogP contribution in [0.15, 0.2) is 0 Å². The van der Waals surface area contributed by atoms with Gasteiger partial charge in [-0.3, -0.25) is 4.79 Å². The monoisotopic (exact) mass is 186 g/mol. The third kappa shape index (κ3) is 5.60. The number of carbonyl (C=O) groups is 1. The van der Waals surface area contributed by atoms with Crippen LogP contribution in [0.25, 0.3) is 0 Å². The first-order valence-electron chi connectivity index (χ1n) is 4.87. The molecule has 0 aromatic carbocycles. The van der Waals surface area contributed by atoms with Gasteiger partial charge in [0, 0.05) is 26.1 Å². The molecule has 0 spiro atoms. The van der Waals surface area contributed by atoms with Gasteiger partial charge < -0.3 is 15.8 Å². The van der Waals surface area contributed by atoms with E-state index in [0.717, 1.165) is 12.5 Å². The third-order valence-electron chi connectivity index (χ3n) is 1.99. The number of amides is 1. The van der Waals surface area contributed by atoms with Crippen molar-refractivity contribution in [3.63, 3.8) is 0 Å². The van der Waals surface area contributed by atoms with E-state index in [1.807, 2.05) is 0 Å².